The number of aromatic hydroxyl groups is 7. The fourth-order valence-electron chi connectivity index (χ4n) is 5.81. The molecule has 3 aromatic rings. The molecule has 16 heteroatoms. The van der Waals surface area contributed by atoms with Gasteiger partial charge in [0.1, 0.15) is 17.0 Å². The molecule has 2 aliphatic rings. The predicted molar refractivity (Wildman–Crippen MR) is 142 cm³/mol. The highest BCUT2D eigenvalue weighted by Crippen LogP contribution is 2.65. The molecule has 0 aromatic heterocycles. The predicted octanol–water partition coefficient (Wildman–Crippen LogP) is 0.966. The molecule has 4 unspecified atom stereocenters. The van der Waals surface area contributed by atoms with Crippen LogP contribution in [-0.4, -0.2) is 84.6 Å². The Kier molecular flexibility index (Phi) is 6.28. The molecule has 1 aliphatic heterocycles. The zero-order chi connectivity index (χ0) is 31.3. The second-order valence-electron chi connectivity index (χ2n) is 10.4. The van der Waals surface area contributed by atoms with Gasteiger partial charge in [-0.1, -0.05) is 30.7 Å². The van der Waals surface area contributed by atoms with Gasteiger partial charge in [0.15, 0.2) is 28.7 Å². The lowest BCUT2D eigenvalue weighted by Crippen LogP contribution is -2.84. The Balaban J connectivity index is 1.42. The Labute approximate surface area is 240 Å². The minimum Gasteiger partial charge on any atom is -0.506 e. The quantitative estimate of drug-likeness (QED) is 0.105. The van der Waals surface area contributed by atoms with Crippen LogP contribution in [-0.2, 0) is 0 Å². The van der Waals surface area contributed by atoms with Crippen molar-refractivity contribution in [3.63, 3.8) is 0 Å². The number of rotatable bonds is 6. The number of hydrogen-bond acceptors (Lipinski definition) is 14. The van der Waals surface area contributed by atoms with Crippen molar-refractivity contribution in [3.8, 4) is 51.4 Å². The lowest BCUT2D eigenvalue weighted by molar-refractivity contribution is -0.351. The van der Waals surface area contributed by atoms with Gasteiger partial charge in [0.05, 0.1) is 10.6 Å². The van der Waals surface area contributed by atoms with Crippen molar-refractivity contribution in [2.24, 2.45) is 0 Å². The average molecular weight is 609 g/mol. The minimum atomic E-state index is -3.22. The standard InChI is InChI=1S/C26H25ClN2O13/c1-7-10-12(18(32)22(36)20(34)15(10)27)14(7)24(39)6-25(40,29-24)26(41,42)28-9-4-2-3-8(5-9)11-16(30)13(23(37)38)19(33)21(35)17(11)31/h2-5,7,14,28-36,39-42H,6H2,1H3,(H,37,38). The smallest absolute Gasteiger partial charge is 0.343 e. The molecule has 0 saturated carbocycles. The van der Waals surface area contributed by atoms with Crippen molar-refractivity contribution in [1.29, 1.82) is 0 Å². The molecule has 0 amide bonds. The highest BCUT2D eigenvalue weighted by Gasteiger charge is 2.69. The third kappa shape index (κ3) is 3.83. The first-order chi connectivity index (χ1) is 19.4. The van der Waals surface area contributed by atoms with Gasteiger partial charge >= 0.3 is 5.97 Å². The Morgan fingerprint density at radius 2 is 1.52 bits per heavy atom. The summed E-state index contributed by atoms with van der Waals surface area (Å²) in [5.41, 5.74) is -6.53. The van der Waals surface area contributed by atoms with E-state index in [1.165, 1.54) is 18.2 Å². The second kappa shape index (κ2) is 9.06. The summed E-state index contributed by atoms with van der Waals surface area (Å²) in [6.07, 6.45) is -0.748. The molecular formula is C26H25ClN2O13. The van der Waals surface area contributed by atoms with Crippen molar-refractivity contribution in [1.82, 2.24) is 5.32 Å². The summed E-state index contributed by atoms with van der Waals surface area (Å²) in [7, 11) is 0. The Bertz CT molecular complexity index is 1670. The highest BCUT2D eigenvalue weighted by atomic mass is 35.5. The zero-order valence-electron chi connectivity index (χ0n) is 21.3. The summed E-state index contributed by atoms with van der Waals surface area (Å²) in [4.78, 5) is 11.5. The first-order valence-corrected chi connectivity index (χ1v) is 12.5. The summed E-state index contributed by atoms with van der Waals surface area (Å²) in [5.74, 6) is -13.8. The maximum Gasteiger partial charge on any atom is 0.343 e. The summed E-state index contributed by atoms with van der Waals surface area (Å²) >= 11 is 6.07. The number of nitrogens with one attached hydrogen (secondary N) is 2. The van der Waals surface area contributed by atoms with E-state index in [2.05, 4.69) is 10.6 Å². The number of fused-ring (bicyclic) bond motifs is 1. The maximum atomic E-state index is 11.5. The van der Waals surface area contributed by atoms with E-state index in [0.717, 1.165) is 6.07 Å². The molecule has 15 nitrogen and oxygen atoms in total. The number of benzene rings is 3. The molecule has 224 valence electrons. The number of carboxylic acid groups (broad SMARTS) is 1. The molecule has 0 spiro atoms. The number of phenols is 7. The van der Waals surface area contributed by atoms with Gasteiger partial charge in [-0.15, -0.1) is 0 Å². The molecule has 4 atom stereocenters. The van der Waals surface area contributed by atoms with Gasteiger partial charge in [-0.2, -0.15) is 0 Å². The van der Waals surface area contributed by atoms with E-state index in [1.54, 1.807) is 6.92 Å². The number of aliphatic hydroxyl groups is 4. The van der Waals surface area contributed by atoms with Crippen molar-refractivity contribution in [3.05, 3.63) is 46.0 Å². The number of phenolic OH excluding ortho intramolecular Hbond substituents is 5. The van der Waals surface area contributed by atoms with Gasteiger partial charge in [-0.3, -0.25) is 5.32 Å². The molecule has 0 bridgehead atoms. The summed E-state index contributed by atoms with van der Waals surface area (Å²) in [6, 6.07) is 4.84. The van der Waals surface area contributed by atoms with Crippen LogP contribution in [0.1, 0.15) is 46.7 Å². The van der Waals surface area contributed by atoms with E-state index in [-0.39, 0.29) is 27.4 Å². The van der Waals surface area contributed by atoms with Crippen LogP contribution in [0.5, 0.6) is 40.2 Å². The van der Waals surface area contributed by atoms with Crippen LogP contribution in [0.2, 0.25) is 5.02 Å². The van der Waals surface area contributed by atoms with Crippen molar-refractivity contribution in [2.75, 3.05) is 5.32 Å². The highest BCUT2D eigenvalue weighted by molar-refractivity contribution is 6.33. The number of carbonyl (C=O) groups is 1. The number of anilines is 1. The Morgan fingerprint density at radius 1 is 0.929 bits per heavy atom. The van der Waals surface area contributed by atoms with Gasteiger partial charge in [0.25, 0.3) is 5.91 Å². The number of hydrogen-bond donors (Lipinski definition) is 14. The molecule has 5 rings (SSSR count). The zero-order valence-corrected chi connectivity index (χ0v) is 22.1. The third-order valence-corrected chi connectivity index (χ3v) is 8.21. The number of halogens is 1. The van der Waals surface area contributed by atoms with Gasteiger partial charge in [0, 0.05) is 23.6 Å². The summed E-state index contributed by atoms with van der Waals surface area (Å²) < 4.78 is 0. The molecule has 1 fully saturated rings. The van der Waals surface area contributed by atoms with Crippen LogP contribution in [0.25, 0.3) is 11.1 Å². The third-order valence-electron chi connectivity index (χ3n) is 7.82. The molecule has 3 aromatic carbocycles. The van der Waals surface area contributed by atoms with Crippen LogP contribution in [0.3, 0.4) is 0 Å². The molecule has 1 saturated heterocycles. The first kappa shape index (κ1) is 29.1. The summed E-state index contributed by atoms with van der Waals surface area (Å²) in [6.45, 7) is 1.59. The van der Waals surface area contributed by atoms with E-state index >= 15 is 0 Å². The molecule has 0 radical (unpaired) electrons. The van der Waals surface area contributed by atoms with Crippen molar-refractivity contribution >= 4 is 23.3 Å². The lowest BCUT2D eigenvalue weighted by Gasteiger charge is -2.61. The Morgan fingerprint density at radius 3 is 2.12 bits per heavy atom. The number of aromatic carboxylic acids is 1. The topological polar surface area (TPSA) is 284 Å². The average Bonchev–Trinajstić information content (AvgIpc) is 2.87. The monoisotopic (exact) mass is 608 g/mol. The Hall–Kier alpha value is -4.38. The number of carboxylic acids is 1. The fraction of sp³-hybridized carbons (Fsp3) is 0.269. The normalized spacial score (nSPS) is 24.8. The first-order valence-electron chi connectivity index (χ1n) is 12.1. The van der Waals surface area contributed by atoms with E-state index < -0.39 is 93.0 Å². The molecule has 1 heterocycles. The van der Waals surface area contributed by atoms with Gasteiger partial charge in [-0.05, 0) is 29.2 Å². The van der Waals surface area contributed by atoms with Gasteiger partial charge in [-0.25, -0.2) is 4.79 Å². The second-order valence-corrected chi connectivity index (χ2v) is 10.7. The fourth-order valence-corrected chi connectivity index (χ4v) is 6.17. The van der Waals surface area contributed by atoms with Crippen LogP contribution in [0.15, 0.2) is 24.3 Å². The van der Waals surface area contributed by atoms with Gasteiger partial charge in [0.2, 0.25) is 11.5 Å². The largest absolute Gasteiger partial charge is 0.506 e. The lowest BCUT2D eigenvalue weighted by atomic mass is 9.59. The van der Waals surface area contributed by atoms with E-state index in [0.29, 0.717) is 0 Å². The SMILES string of the molecule is CC1c2c(Cl)c(O)c(O)c(O)c2C1C1(O)CC(O)(C(O)(O)Nc2cccc(-c3c(O)c(O)c(O)c(C(=O)O)c3O)c2)N1. The van der Waals surface area contributed by atoms with Crippen LogP contribution in [0, 0.1) is 0 Å². The van der Waals surface area contributed by atoms with E-state index in [9.17, 15) is 66.1 Å². The van der Waals surface area contributed by atoms with Crippen molar-refractivity contribution in [2.45, 2.75) is 42.5 Å². The van der Waals surface area contributed by atoms with E-state index in [1.807, 2.05) is 0 Å². The molecule has 1 aliphatic carbocycles. The van der Waals surface area contributed by atoms with Gasteiger partial charge < -0.3 is 66.6 Å². The van der Waals surface area contributed by atoms with Crippen molar-refractivity contribution < 1.29 is 66.1 Å². The molecular weight excluding hydrogens is 584 g/mol. The van der Waals surface area contributed by atoms with E-state index in [4.69, 9.17) is 11.6 Å². The van der Waals surface area contributed by atoms with Crippen LogP contribution >= 0.6 is 11.6 Å². The molecule has 42 heavy (non-hydrogen) atoms. The maximum absolute atomic E-state index is 11.5. The van der Waals surface area contributed by atoms with Crippen LogP contribution in [0.4, 0.5) is 5.69 Å². The minimum absolute atomic E-state index is 0.0144. The molecule has 14 N–H and O–H groups in total. The summed E-state index contributed by atoms with van der Waals surface area (Å²) in [5, 5.41) is 128. The van der Waals surface area contributed by atoms with Crippen LogP contribution < -0.4 is 10.6 Å².